The fraction of sp³-hybridized carbons (Fsp3) is 0.714. The van der Waals surface area contributed by atoms with Crippen LogP contribution in [0.4, 0.5) is 0 Å². The Morgan fingerprint density at radius 1 is 0.773 bits per heavy atom. The van der Waals surface area contributed by atoms with Crippen LogP contribution in [0, 0.1) is 0 Å². The van der Waals surface area contributed by atoms with Crippen LogP contribution in [-0.2, 0) is 9.59 Å². The second-order valence-electron chi connectivity index (χ2n) is 5.84. The van der Waals surface area contributed by atoms with Crippen LogP contribution in [0.15, 0.2) is 10.2 Å². The highest BCUT2D eigenvalue weighted by Gasteiger charge is 2.16. The topological polar surface area (TPSA) is 89.4 Å². The lowest BCUT2D eigenvalue weighted by Gasteiger charge is -2.23. The molecule has 0 aliphatic carbocycles. The number of nitrogens with one attached hydrogen (secondary N) is 2. The van der Waals surface area contributed by atoms with Crippen LogP contribution in [0.3, 0.4) is 0 Å². The first-order chi connectivity index (χ1) is 10.5. The average molecular weight is 308 g/mol. The Balaban J connectivity index is 1.74. The van der Waals surface area contributed by atoms with Crippen LogP contribution >= 0.6 is 0 Å². The predicted molar refractivity (Wildman–Crippen MR) is 84.6 cm³/mol. The minimum absolute atomic E-state index is 0.774. The lowest BCUT2D eigenvalue weighted by Crippen LogP contribution is -2.38. The van der Waals surface area contributed by atoms with Gasteiger partial charge in [-0.25, -0.2) is 10.9 Å². The van der Waals surface area contributed by atoms with Gasteiger partial charge in [-0.2, -0.15) is 10.2 Å². The summed E-state index contributed by atoms with van der Waals surface area (Å²) in [5.41, 5.74) is 6.44. The molecule has 2 saturated heterocycles. The number of piperidine rings is 2. The number of amides is 2. The first kappa shape index (κ1) is 16.6. The summed E-state index contributed by atoms with van der Waals surface area (Å²) in [4.78, 5) is 27.7. The third-order valence-electron chi connectivity index (χ3n) is 3.97. The Morgan fingerprint density at radius 2 is 1.09 bits per heavy atom. The van der Waals surface area contributed by atoms with Crippen LogP contribution in [0.5, 0.6) is 0 Å². The Bertz CT molecular complexity index is 424. The van der Waals surface area contributed by atoms with E-state index in [1.54, 1.807) is 0 Å². The molecule has 8 heteroatoms. The minimum Gasteiger partial charge on any atom is -0.306 e. The summed E-state index contributed by atoms with van der Waals surface area (Å²) in [6.45, 7) is 3.68. The molecule has 0 aromatic carbocycles. The van der Waals surface area contributed by atoms with Crippen molar-refractivity contribution < 1.29 is 9.59 Å². The molecule has 0 radical (unpaired) electrons. The van der Waals surface area contributed by atoms with Gasteiger partial charge < -0.3 is 9.80 Å². The molecule has 0 atom stereocenters. The van der Waals surface area contributed by atoms with Gasteiger partial charge in [0.2, 0.25) is 0 Å². The van der Waals surface area contributed by atoms with E-state index in [0.717, 1.165) is 63.3 Å². The van der Waals surface area contributed by atoms with E-state index in [4.69, 9.17) is 0 Å². The van der Waals surface area contributed by atoms with Crippen molar-refractivity contribution in [2.45, 2.75) is 25.7 Å². The number of hydrogen-bond acceptors (Lipinski definition) is 6. The van der Waals surface area contributed by atoms with Gasteiger partial charge in [-0.15, -0.1) is 0 Å². The van der Waals surface area contributed by atoms with Crippen LogP contribution in [0.1, 0.15) is 25.7 Å². The second kappa shape index (κ2) is 8.00. The van der Waals surface area contributed by atoms with E-state index < -0.39 is 11.8 Å². The molecule has 2 heterocycles. The van der Waals surface area contributed by atoms with Gasteiger partial charge in [0, 0.05) is 63.3 Å². The molecular formula is C14H24N6O2. The van der Waals surface area contributed by atoms with E-state index in [-0.39, 0.29) is 0 Å². The maximum Gasteiger partial charge on any atom is 0.331 e. The Morgan fingerprint density at radius 3 is 1.41 bits per heavy atom. The molecule has 2 fully saturated rings. The number of carbonyl (C=O) groups is 2. The summed E-state index contributed by atoms with van der Waals surface area (Å²) in [5.74, 6) is -1.55. The molecule has 122 valence electrons. The monoisotopic (exact) mass is 308 g/mol. The summed E-state index contributed by atoms with van der Waals surface area (Å²) in [6.07, 6.45) is 3.25. The lowest BCUT2D eigenvalue weighted by molar-refractivity contribution is -0.139. The van der Waals surface area contributed by atoms with Gasteiger partial charge in [0.05, 0.1) is 0 Å². The van der Waals surface area contributed by atoms with Gasteiger partial charge >= 0.3 is 11.8 Å². The molecule has 0 bridgehead atoms. The standard InChI is InChI=1S/C14H24N6O2/c1-19-7-3-11(4-8-19)15-17-13(21)14(22)18-16-12-5-9-20(2)10-6-12/h3-10H2,1-2H3,(H,17,21)(H,18,22). The quantitative estimate of drug-likeness (QED) is 0.526. The SMILES string of the molecule is CN1CCC(=NNC(=O)C(=O)NN=C2CCN(C)CC2)CC1. The number of nitrogens with zero attached hydrogens (tertiary/aromatic N) is 4. The zero-order valence-electron chi connectivity index (χ0n) is 13.3. The third-order valence-corrected chi connectivity index (χ3v) is 3.97. The third kappa shape index (κ3) is 5.19. The highest BCUT2D eigenvalue weighted by Crippen LogP contribution is 2.05. The van der Waals surface area contributed by atoms with Gasteiger partial charge in [0.15, 0.2) is 0 Å². The Hall–Kier alpha value is -1.80. The molecule has 0 spiro atoms. The first-order valence-corrected chi connectivity index (χ1v) is 7.63. The molecule has 2 rings (SSSR count). The van der Waals surface area contributed by atoms with Crippen LogP contribution in [-0.4, -0.2) is 73.3 Å². The predicted octanol–water partition coefficient (Wildman–Crippen LogP) is -0.618. The molecule has 0 aromatic heterocycles. The van der Waals surface area contributed by atoms with E-state index in [1.165, 1.54) is 0 Å². The largest absolute Gasteiger partial charge is 0.331 e. The van der Waals surface area contributed by atoms with Gasteiger partial charge in [-0.1, -0.05) is 0 Å². The number of rotatable bonds is 2. The molecule has 2 amide bonds. The van der Waals surface area contributed by atoms with Crippen molar-refractivity contribution in [3.05, 3.63) is 0 Å². The lowest BCUT2D eigenvalue weighted by atomic mass is 10.1. The maximum absolute atomic E-state index is 11.7. The van der Waals surface area contributed by atoms with Crippen molar-refractivity contribution in [1.82, 2.24) is 20.7 Å². The Kier molecular flexibility index (Phi) is 6.02. The van der Waals surface area contributed by atoms with Gasteiger partial charge in [0.1, 0.15) is 0 Å². The van der Waals surface area contributed by atoms with Gasteiger partial charge in [0.25, 0.3) is 0 Å². The summed E-state index contributed by atoms with van der Waals surface area (Å²) in [6, 6.07) is 0. The van der Waals surface area contributed by atoms with Crippen molar-refractivity contribution in [3.8, 4) is 0 Å². The molecule has 2 aliphatic heterocycles. The van der Waals surface area contributed by atoms with E-state index in [2.05, 4.69) is 30.9 Å². The smallest absolute Gasteiger partial charge is 0.306 e. The highest BCUT2D eigenvalue weighted by atomic mass is 16.2. The fourth-order valence-electron chi connectivity index (χ4n) is 2.34. The summed E-state index contributed by atoms with van der Waals surface area (Å²) in [5, 5.41) is 8.04. The molecule has 2 N–H and O–H groups in total. The summed E-state index contributed by atoms with van der Waals surface area (Å²) >= 11 is 0. The number of carbonyl (C=O) groups excluding carboxylic acids is 2. The van der Waals surface area contributed by atoms with Gasteiger partial charge in [-0.3, -0.25) is 9.59 Å². The van der Waals surface area contributed by atoms with E-state index in [9.17, 15) is 9.59 Å². The van der Waals surface area contributed by atoms with Crippen molar-refractivity contribution in [3.63, 3.8) is 0 Å². The highest BCUT2D eigenvalue weighted by molar-refractivity contribution is 6.35. The van der Waals surface area contributed by atoms with Crippen molar-refractivity contribution >= 4 is 23.2 Å². The maximum atomic E-state index is 11.7. The molecule has 8 nitrogen and oxygen atoms in total. The molecular weight excluding hydrogens is 284 g/mol. The van der Waals surface area contributed by atoms with Crippen LogP contribution < -0.4 is 10.9 Å². The number of likely N-dealkylation sites (tertiary alicyclic amines) is 2. The van der Waals surface area contributed by atoms with E-state index >= 15 is 0 Å². The van der Waals surface area contributed by atoms with Gasteiger partial charge in [-0.05, 0) is 14.1 Å². The molecule has 2 aliphatic rings. The molecule has 0 aromatic rings. The Labute approximate surface area is 130 Å². The van der Waals surface area contributed by atoms with E-state index in [1.807, 2.05) is 14.1 Å². The zero-order valence-corrected chi connectivity index (χ0v) is 13.3. The number of hydrazone groups is 2. The van der Waals surface area contributed by atoms with Crippen LogP contribution in [0.25, 0.3) is 0 Å². The van der Waals surface area contributed by atoms with Crippen molar-refractivity contribution in [1.29, 1.82) is 0 Å². The number of hydrogen-bond donors (Lipinski definition) is 2. The zero-order chi connectivity index (χ0) is 15.9. The molecule has 22 heavy (non-hydrogen) atoms. The minimum atomic E-state index is -0.774. The van der Waals surface area contributed by atoms with E-state index in [0.29, 0.717) is 0 Å². The second-order valence-corrected chi connectivity index (χ2v) is 5.84. The van der Waals surface area contributed by atoms with Crippen molar-refractivity contribution in [2.75, 3.05) is 40.3 Å². The summed E-state index contributed by atoms with van der Waals surface area (Å²) in [7, 11) is 4.09. The first-order valence-electron chi connectivity index (χ1n) is 7.63. The summed E-state index contributed by atoms with van der Waals surface area (Å²) < 4.78 is 0. The molecule has 0 saturated carbocycles. The van der Waals surface area contributed by atoms with Crippen molar-refractivity contribution in [2.24, 2.45) is 10.2 Å². The fourth-order valence-corrected chi connectivity index (χ4v) is 2.34. The van der Waals surface area contributed by atoms with Crippen LogP contribution in [0.2, 0.25) is 0 Å². The average Bonchev–Trinajstić information content (AvgIpc) is 2.53. The molecule has 0 unspecified atom stereocenters. The normalized spacial score (nSPS) is 20.5.